The van der Waals surface area contributed by atoms with Crippen LogP contribution in [0.5, 0.6) is 11.5 Å². The third kappa shape index (κ3) is 5.70. The molecule has 5 nitrogen and oxygen atoms in total. The van der Waals surface area contributed by atoms with Crippen LogP contribution < -0.4 is 15.4 Å². The van der Waals surface area contributed by atoms with Crippen LogP contribution >= 0.6 is 0 Å². The van der Waals surface area contributed by atoms with Gasteiger partial charge in [-0.2, -0.15) is 0 Å². The number of hydrogen-bond donors (Lipinski definition) is 2. The van der Waals surface area contributed by atoms with E-state index in [9.17, 15) is 9.00 Å². The molecule has 128 valence electrons. The van der Waals surface area contributed by atoms with Crippen LogP contribution in [-0.4, -0.2) is 28.8 Å². The molecule has 0 aliphatic carbocycles. The highest BCUT2D eigenvalue weighted by Gasteiger charge is 2.14. The first-order valence-corrected chi connectivity index (χ1v) is 9.45. The fourth-order valence-electron chi connectivity index (χ4n) is 2.18. The SMILES string of the molecule is C[C@@H](NC(=O)NCC[S@@](C)=O)c1ccccc1Oc1ccccc1. The molecule has 0 spiro atoms. The number of benzene rings is 2. The maximum atomic E-state index is 11.9. The van der Waals surface area contributed by atoms with Gasteiger partial charge in [0.05, 0.1) is 6.04 Å². The molecular weight excluding hydrogens is 324 g/mol. The summed E-state index contributed by atoms with van der Waals surface area (Å²) in [6, 6.07) is 16.6. The van der Waals surface area contributed by atoms with Gasteiger partial charge in [-0.05, 0) is 25.1 Å². The number of amides is 2. The third-order valence-electron chi connectivity index (χ3n) is 3.38. The largest absolute Gasteiger partial charge is 0.457 e. The lowest BCUT2D eigenvalue weighted by Gasteiger charge is -2.18. The van der Waals surface area contributed by atoms with Crippen LogP contribution in [0.1, 0.15) is 18.5 Å². The highest BCUT2D eigenvalue weighted by Crippen LogP contribution is 2.29. The highest BCUT2D eigenvalue weighted by atomic mass is 32.2. The van der Waals surface area contributed by atoms with Crippen molar-refractivity contribution in [2.75, 3.05) is 18.6 Å². The molecule has 0 aliphatic rings. The quantitative estimate of drug-likeness (QED) is 0.809. The van der Waals surface area contributed by atoms with Gasteiger partial charge in [-0.15, -0.1) is 0 Å². The number of nitrogens with one attached hydrogen (secondary N) is 2. The zero-order valence-corrected chi connectivity index (χ0v) is 14.6. The average molecular weight is 346 g/mol. The number of rotatable bonds is 7. The van der Waals surface area contributed by atoms with Crippen LogP contribution in [-0.2, 0) is 10.8 Å². The van der Waals surface area contributed by atoms with Crippen molar-refractivity contribution in [3.05, 3.63) is 60.2 Å². The Balaban J connectivity index is 2.00. The second kappa shape index (κ2) is 9.08. The molecule has 0 heterocycles. The van der Waals surface area contributed by atoms with Crippen molar-refractivity contribution in [1.29, 1.82) is 0 Å². The molecule has 24 heavy (non-hydrogen) atoms. The highest BCUT2D eigenvalue weighted by molar-refractivity contribution is 7.84. The molecule has 0 saturated heterocycles. The molecule has 2 rings (SSSR count). The molecule has 2 amide bonds. The lowest BCUT2D eigenvalue weighted by molar-refractivity contribution is 0.238. The van der Waals surface area contributed by atoms with E-state index in [-0.39, 0.29) is 12.1 Å². The lowest BCUT2D eigenvalue weighted by Crippen LogP contribution is -2.38. The van der Waals surface area contributed by atoms with Crippen LogP contribution in [0.25, 0.3) is 0 Å². The topological polar surface area (TPSA) is 67.4 Å². The second-order valence-electron chi connectivity index (χ2n) is 5.35. The molecule has 2 aromatic rings. The van der Waals surface area contributed by atoms with Crippen molar-refractivity contribution in [3.8, 4) is 11.5 Å². The van der Waals surface area contributed by atoms with Crippen molar-refractivity contribution in [2.45, 2.75) is 13.0 Å². The predicted octanol–water partition coefficient (Wildman–Crippen LogP) is 3.22. The summed E-state index contributed by atoms with van der Waals surface area (Å²) < 4.78 is 16.9. The van der Waals surface area contributed by atoms with Crippen LogP contribution in [0, 0.1) is 0 Å². The molecule has 0 aromatic heterocycles. The number of hydrogen-bond acceptors (Lipinski definition) is 3. The zero-order valence-electron chi connectivity index (χ0n) is 13.8. The Bertz CT molecular complexity index is 692. The van der Waals surface area contributed by atoms with Crippen molar-refractivity contribution in [3.63, 3.8) is 0 Å². The van der Waals surface area contributed by atoms with Gasteiger partial charge in [-0.3, -0.25) is 4.21 Å². The Morgan fingerprint density at radius 1 is 1.12 bits per heavy atom. The fourth-order valence-corrected chi connectivity index (χ4v) is 2.57. The van der Waals surface area contributed by atoms with E-state index in [1.807, 2.05) is 61.5 Å². The Morgan fingerprint density at radius 3 is 2.50 bits per heavy atom. The standard InChI is InChI=1S/C18H22N2O3S/c1-14(20-18(21)19-12-13-24(2)22)16-10-6-7-11-17(16)23-15-8-4-3-5-9-15/h3-11,14H,12-13H2,1-2H3,(H2,19,20,21)/t14-,24-/m1/s1. The molecule has 0 saturated carbocycles. The molecule has 6 heteroatoms. The van der Waals surface area contributed by atoms with Crippen molar-refractivity contribution in [2.24, 2.45) is 0 Å². The minimum Gasteiger partial charge on any atom is -0.457 e. The summed E-state index contributed by atoms with van der Waals surface area (Å²) in [6.07, 6.45) is 1.61. The van der Waals surface area contributed by atoms with Crippen LogP contribution in [0.3, 0.4) is 0 Å². The van der Waals surface area contributed by atoms with Gasteiger partial charge in [0.1, 0.15) is 11.5 Å². The van der Waals surface area contributed by atoms with Crippen LogP contribution in [0.2, 0.25) is 0 Å². The van der Waals surface area contributed by atoms with Gasteiger partial charge >= 0.3 is 6.03 Å². The fraction of sp³-hybridized carbons (Fsp3) is 0.278. The molecule has 0 unspecified atom stereocenters. The summed E-state index contributed by atoms with van der Waals surface area (Å²) in [5, 5.41) is 5.57. The van der Waals surface area contributed by atoms with Crippen LogP contribution in [0.15, 0.2) is 54.6 Å². The minimum absolute atomic E-state index is 0.225. The van der Waals surface area contributed by atoms with Gasteiger partial charge in [0.15, 0.2) is 0 Å². The van der Waals surface area contributed by atoms with Crippen LogP contribution in [0.4, 0.5) is 4.79 Å². The summed E-state index contributed by atoms with van der Waals surface area (Å²) in [6.45, 7) is 2.27. The number of carbonyl (C=O) groups is 1. The van der Waals surface area contributed by atoms with E-state index in [1.54, 1.807) is 6.26 Å². The van der Waals surface area contributed by atoms with E-state index < -0.39 is 10.8 Å². The van der Waals surface area contributed by atoms with E-state index >= 15 is 0 Å². The Kier molecular flexibility index (Phi) is 6.81. The van der Waals surface area contributed by atoms with E-state index in [4.69, 9.17) is 4.74 Å². The lowest BCUT2D eigenvalue weighted by atomic mass is 10.1. The normalized spacial score (nSPS) is 12.9. The monoisotopic (exact) mass is 346 g/mol. The molecule has 2 atom stereocenters. The molecule has 0 aliphatic heterocycles. The summed E-state index contributed by atoms with van der Waals surface area (Å²) in [4.78, 5) is 11.9. The number of urea groups is 1. The van der Waals surface area contributed by atoms with Crippen molar-refractivity contribution in [1.82, 2.24) is 10.6 Å². The third-order valence-corrected chi connectivity index (χ3v) is 4.16. The number of ether oxygens (including phenoxy) is 1. The maximum absolute atomic E-state index is 11.9. The van der Waals surface area contributed by atoms with Crippen molar-refractivity contribution >= 4 is 16.8 Å². The number of carbonyl (C=O) groups excluding carboxylic acids is 1. The molecular formula is C18H22N2O3S. The first kappa shape index (κ1) is 18.0. The van der Waals surface area contributed by atoms with Gasteiger partial charge in [0, 0.05) is 34.9 Å². The molecule has 2 N–H and O–H groups in total. The Labute approximate surface area is 144 Å². The first-order valence-electron chi connectivity index (χ1n) is 7.72. The zero-order chi connectivity index (χ0) is 17.4. The molecule has 2 aromatic carbocycles. The Hall–Kier alpha value is -2.34. The summed E-state index contributed by atoms with van der Waals surface area (Å²) in [7, 11) is -0.919. The van der Waals surface area contributed by atoms with Gasteiger partial charge in [0.25, 0.3) is 0 Å². The molecule has 0 bridgehead atoms. The maximum Gasteiger partial charge on any atom is 0.315 e. The van der Waals surface area contributed by atoms with Crippen molar-refractivity contribution < 1.29 is 13.7 Å². The average Bonchev–Trinajstić information content (AvgIpc) is 2.56. The minimum atomic E-state index is -0.919. The van der Waals surface area contributed by atoms with Gasteiger partial charge in [0.2, 0.25) is 0 Å². The summed E-state index contributed by atoms with van der Waals surface area (Å²) in [5.41, 5.74) is 0.885. The Morgan fingerprint density at radius 2 is 1.79 bits per heavy atom. The van der Waals surface area contributed by atoms with Gasteiger partial charge in [-0.1, -0.05) is 36.4 Å². The van der Waals surface area contributed by atoms with Gasteiger partial charge < -0.3 is 15.4 Å². The van der Waals surface area contributed by atoms with Gasteiger partial charge in [-0.25, -0.2) is 4.79 Å². The van der Waals surface area contributed by atoms with E-state index in [1.165, 1.54) is 0 Å². The summed E-state index contributed by atoms with van der Waals surface area (Å²) in [5.74, 6) is 1.88. The van der Waals surface area contributed by atoms with E-state index in [0.717, 1.165) is 11.3 Å². The second-order valence-corrected chi connectivity index (χ2v) is 6.91. The predicted molar refractivity (Wildman–Crippen MR) is 96.8 cm³/mol. The number of para-hydroxylation sites is 2. The first-order chi connectivity index (χ1) is 11.6. The smallest absolute Gasteiger partial charge is 0.315 e. The van der Waals surface area contributed by atoms with E-state index in [2.05, 4.69) is 10.6 Å². The molecule has 0 fully saturated rings. The van der Waals surface area contributed by atoms with E-state index in [0.29, 0.717) is 18.0 Å². The summed E-state index contributed by atoms with van der Waals surface area (Å²) >= 11 is 0. The molecule has 0 radical (unpaired) electrons.